The molecule has 0 fully saturated rings. The molecule has 18 heavy (non-hydrogen) atoms. The lowest BCUT2D eigenvalue weighted by atomic mass is 10.0. The lowest BCUT2D eigenvalue weighted by Gasteiger charge is -2.28. The van der Waals surface area contributed by atoms with Crippen molar-refractivity contribution in [1.82, 2.24) is 0 Å². The van der Waals surface area contributed by atoms with E-state index in [-0.39, 0.29) is 0 Å². The molecule has 0 aromatic heterocycles. The van der Waals surface area contributed by atoms with E-state index in [1.165, 1.54) is 21.5 Å². The summed E-state index contributed by atoms with van der Waals surface area (Å²) in [6.07, 6.45) is 2.28. The van der Waals surface area contributed by atoms with E-state index in [2.05, 4.69) is 62.1 Å². The fourth-order valence-electron chi connectivity index (χ4n) is 2.65. The van der Waals surface area contributed by atoms with Gasteiger partial charge in [-0.15, -0.1) is 0 Å². The molecule has 1 aliphatic heterocycles. The minimum atomic E-state index is -1.34. The van der Waals surface area contributed by atoms with Gasteiger partial charge in [0.25, 0.3) is 0 Å². The molecule has 0 saturated heterocycles. The van der Waals surface area contributed by atoms with Gasteiger partial charge in [-0.1, -0.05) is 50.0 Å². The lowest BCUT2D eigenvalue weighted by molar-refractivity contribution is 0.358. The first-order valence-corrected chi connectivity index (χ1v) is 9.93. The minimum Gasteiger partial charge on any atom is -0.489 e. The van der Waals surface area contributed by atoms with Crippen LogP contribution in [-0.4, -0.2) is 14.7 Å². The van der Waals surface area contributed by atoms with Gasteiger partial charge in [0, 0.05) is 5.56 Å². The molecule has 1 nitrogen and oxygen atoms in total. The van der Waals surface area contributed by atoms with Crippen molar-refractivity contribution in [3.63, 3.8) is 0 Å². The Labute approximate surface area is 109 Å². The zero-order valence-electron chi connectivity index (χ0n) is 11.2. The normalized spacial score (nSPS) is 14.9. The molecule has 0 spiro atoms. The molecule has 1 heterocycles. The van der Waals surface area contributed by atoms with Crippen LogP contribution in [0, 0.1) is 0 Å². The van der Waals surface area contributed by atoms with Crippen LogP contribution in [0.4, 0.5) is 0 Å². The van der Waals surface area contributed by atoms with Gasteiger partial charge in [0.2, 0.25) is 0 Å². The quantitative estimate of drug-likeness (QED) is 0.681. The summed E-state index contributed by atoms with van der Waals surface area (Å²) in [4.78, 5) is 0. The highest BCUT2D eigenvalue weighted by atomic mass is 28.3. The summed E-state index contributed by atoms with van der Waals surface area (Å²) < 4.78 is 5.80. The molecule has 0 aliphatic carbocycles. The average molecular weight is 254 g/mol. The zero-order chi connectivity index (χ0) is 12.8. The Morgan fingerprint density at radius 1 is 1.00 bits per heavy atom. The van der Waals surface area contributed by atoms with Crippen LogP contribution >= 0.6 is 0 Å². The van der Waals surface area contributed by atoms with Gasteiger partial charge in [0.15, 0.2) is 0 Å². The SMILES string of the molecule is C[Si](C)(C)C1=CCOc2ccc3ccccc3c21. The topological polar surface area (TPSA) is 9.23 Å². The fraction of sp³-hybridized carbons (Fsp3) is 0.250. The second-order valence-corrected chi connectivity index (χ2v) is 10.9. The van der Waals surface area contributed by atoms with Gasteiger partial charge in [-0.2, -0.15) is 0 Å². The van der Waals surface area contributed by atoms with Crippen LogP contribution in [0.3, 0.4) is 0 Å². The summed E-state index contributed by atoms with van der Waals surface area (Å²) in [5.74, 6) is 1.05. The number of hydrogen-bond acceptors (Lipinski definition) is 1. The maximum absolute atomic E-state index is 5.80. The van der Waals surface area contributed by atoms with E-state index in [0.29, 0.717) is 6.61 Å². The van der Waals surface area contributed by atoms with Gasteiger partial charge >= 0.3 is 0 Å². The van der Waals surface area contributed by atoms with Gasteiger partial charge in [0.1, 0.15) is 12.4 Å². The number of ether oxygens (including phenoxy) is 1. The Morgan fingerprint density at radius 3 is 2.56 bits per heavy atom. The van der Waals surface area contributed by atoms with Gasteiger partial charge in [-0.05, 0) is 28.1 Å². The van der Waals surface area contributed by atoms with E-state index in [9.17, 15) is 0 Å². The molecule has 0 unspecified atom stereocenters. The first kappa shape index (κ1) is 11.5. The van der Waals surface area contributed by atoms with Crippen LogP contribution in [0.1, 0.15) is 5.56 Å². The Kier molecular flexibility index (Phi) is 2.56. The Morgan fingerprint density at radius 2 is 1.78 bits per heavy atom. The van der Waals surface area contributed by atoms with Crippen molar-refractivity contribution in [3.05, 3.63) is 48.0 Å². The summed E-state index contributed by atoms with van der Waals surface area (Å²) in [5, 5.41) is 4.15. The minimum absolute atomic E-state index is 0.713. The molecule has 0 amide bonds. The zero-order valence-corrected chi connectivity index (χ0v) is 12.2. The molecule has 0 radical (unpaired) electrons. The van der Waals surface area contributed by atoms with Crippen LogP contribution in [0.2, 0.25) is 19.6 Å². The third-order valence-corrected chi connectivity index (χ3v) is 5.56. The van der Waals surface area contributed by atoms with Crippen LogP contribution in [-0.2, 0) is 0 Å². The van der Waals surface area contributed by atoms with E-state index >= 15 is 0 Å². The molecule has 3 rings (SSSR count). The lowest BCUT2D eigenvalue weighted by Crippen LogP contribution is -2.26. The smallest absolute Gasteiger partial charge is 0.127 e. The van der Waals surface area contributed by atoms with E-state index < -0.39 is 8.07 Å². The molecular weight excluding hydrogens is 236 g/mol. The van der Waals surface area contributed by atoms with Crippen molar-refractivity contribution < 1.29 is 4.74 Å². The Hall–Kier alpha value is -1.54. The summed E-state index contributed by atoms with van der Waals surface area (Å²) in [6, 6.07) is 12.9. The third kappa shape index (κ3) is 1.77. The number of benzene rings is 2. The predicted molar refractivity (Wildman–Crippen MR) is 80.8 cm³/mol. The van der Waals surface area contributed by atoms with Gasteiger partial charge < -0.3 is 4.74 Å². The van der Waals surface area contributed by atoms with Crippen molar-refractivity contribution in [2.45, 2.75) is 19.6 Å². The molecule has 2 aromatic carbocycles. The largest absolute Gasteiger partial charge is 0.489 e. The van der Waals surface area contributed by atoms with E-state index in [0.717, 1.165) is 5.75 Å². The van der Waals surface area contributed by atoms with Gasteiger partial charge in [0.05, 0.1) is 8.07 Å². The number of fused-ring (bicyclic) bond motifs is 3. The summed E-state index contributed by atoms with van der Waals surface area (Å²) in [6.45, 7) is 7.91. The molecule has 0 bridgehead atoms. The highest BCUT2D eigenvalue weighted by Gasteiger charge is 2.27. The fourth-order valence-corrected chi connectivity index (χ4v) is 4.35. The highest BCUT2D eigenvalue weighted by molar-refractivity contribution is 6.94. The number of rotatable bonds is 1. The molecular formula is C16H18OSi. The van der Waals surface area contributed by atoms with Crippen molar-refractivity contribution in [1.29, 1.82) is 0 Å². The van der Waals surface area contributed by atoms with E-state index in [1.807, 2.05) is 0 Å². The van der Waals surface area contributed by atoms with Crippen molar-refractivity contribution in [2.75, 3.05) is 6.61 Å². The van der Waals surface area contributed by atoms with Gasteiger partial charge in [-0.3, -0.25) is 0 Å². The van der Waals surface area contributed by atoms with Gasteiger partial charge in [-0.25, -0.2) is 0 Å². The molecule has 2 heteroatoms. The molecule has 0 atom stereocenters. The van der Waals surface area contributed by atoms with Crippen molar-refractivity contribution in [3.8, 4) is 5.75 Å². The average Bonchev–Trinajstić information content (AvgIpc) is 2.36. The number of hydrogen-bond donors (Lipinski definition) is 0. The first-order valence-electron chi connectivity index (χ1n) is 6.43. The standard InChI is InChI=1S/C16H18OSi/c1-18(2,3)15-10-11-17-14-9-8-12-6-4-5-7-13(12)16(14)15/h4-10H,11H2,1-3H3. The molecule has 0 saturated carbocycles. The summed E-state index contributed by atoms with van der Waals surface area (Å²) in [7, 11) is -1.34. The Balaban J connectivity index is 2.35. The van der Waals surface area contributed by atoms with E-state index in [4.69, 9.17) is 4.74 Å². The molecule has 1 aliphatic rings. The third-order valence-electron chi connectivity index (χ3n) is 3.49. The molecule has 2 aromatic rings. The van der Waals surface area contributed by atoms with Crippen molar-refractivity contribution in [2.24, 2.45) is 0 Å². The second-order valence-electron chi connectivity index (χ2n) is 5.84. The Bertz CT molecular complexity index is 635. The molecule has 92 valence electrons. The molecule has 0 N–H and O–H groups in total. The maximum atomic E-state index is 5.80. The van der Waals surface area contributed by atoms with Crippen LogP contribution < -0.4 is 4.74 Å². The van der Waals surface area contributed by atoms with Crippen LogP contribution in [0.5, 0.6) is 5.75 Å². The maximum Gasteiger partial charge on any atom is 0.127 e. The van der Waals surface area contributed by atoms with Crippen LogP contribution in [0.25, 0.3) is 16.0 Å². The summed E-state index contributed by atoms with van der Waals surface area (Å²) in [5.41, 5.74) is 1.33. The second kappa shape index (κ2) is 3.99. The van der Waals surface area contributed by atoms with E-state index in [1.54, 1.807) is 0 Å². The monoisotopic (exact) mass is 254 g/mol. The van der Waals surface area contributed by atoms with Crippen molar-refractivity contribution >= 4 is 24.0 Å². The van der Waals surface area contributed by atoms with Crippen LogP contribution in [0.15, 0.2) is 42.5 Å². The first-order chi connectivity index (χ1) is 8.57. The predicted octanol–water partition coefficient (Wildman–Crippen LogP) is 4.49. The summed E-state index contributed by atoms with van der Waals surface area (Å²) >= 11 is 0. The highest BCUT2D eigenvalue weighted by Crippen LogP contribution is 2.40.